The molecule has 0 aromatic heterocycles. The number of anilines is 1. The third kappa shape index (κ3) is 6.13. The maximum absolute atomic E-state index is 11.3. The zero-order chi connectivity index (χ0) is 13.2. The molecule has 0 spiro atoms. The van der Waals surface area contributed by atoms with Gasteiger partial charge in [-0.15, -0.1) is 0 Å². The quantitative estimate of drug-likeness (QED) is 0.438. The summed E-state index contributed by atoms with van der Waals surface area (Å²) in [7, 11) is 0. The van der Waals surface area contributed by atoms with E-state index in [0.717, 1.165) is 12.8 Å². The van der Waals surface area contributed by atoms with E-state index in [0.29, 0.717) is 18.0 Å². The third-order valence-electron chi connectivity index (χ3n) is 2.50. The summed E-state index contributed by atoms with van der Waals surface area (Å²) in [4.78, 5) is 11.3. The molecule has 0 aliphatic heterocycles. The van der Waals surface area contributed by atoms with Gasteiger partial charge in [-0.3, -0.25) is 0 Å². The molecule has 1 aromatic rings. The van der Waals surface area contributed by atoms with E-state index in [-0.39, 0.29) is 12.6 Å². The summed E-state index contributed by atoms with van der Waals surface area (Å²) in [6, 6.07) is 6.91. The topological polar surface area (TPSA) is 61.5 Å². The van der Waals surface area contributed by atoms with Gasteiger partial charge in [0.25, 0.3) is 0 Å². The number of carbonyl (C=O) groups excluding carboxylic acids is 1. The first kappa shape index (κ1) is 14.4. The van der Waals surface area contributed by atoms with Crippen molar-refractivity contribution in [3.05, 3.63) is 24.3 Å². The Balaban J connectivity index is 2.11. The smallest absolute Gasteiger partial charge is 0.344 e. The van der Waals surface area contributed by atoms with Crippen LogP contribution >= 0.6 is 0 Å². The number of hydrogen-bond donors (Lipinski definition) is 1. The van der Waals surface area contributed by atoms with E-state index in [9.17, 15) is 4.79 Å². The molecular formula is C14H21NO3. The number of rotatable bonds is 8. The monoisotopic (exact) mass is 251 g/mol. The second kappa shape index (κ2) is 8.39. The van der Waals surface area contributed by atoms with Crippen molar-refractivity contribution in [2.24, 2.45) is 0 Å². The molecule has 100 valence electrons. The van der Waals surface area contributed by atoms with Gasteiger partial charge in [-0.2, -0.15) is 0 Å². The van der Waals surface area contributed by atoms with Crippen LogP contribution in [0.15, 0.2) is 24.3 Å². The standard InChI is InChI=1S/C14H21NO3/c1-2-3-4-5-10-17-14(16)11-18-13-8-6-12(15)7-9-13/h6-9H,2-5,10-11,15H2,1H3. The van der Waals surface area contributed by atoms with E-state index in [4.69, 9.17) is 15.2 Å². The summed E-state index contributed by atoms with van der Waals surface area (Å²) in [6.45, 7) is 2.56. The number of nitrogens with two attached hydrogens (primary N) is 1. The molecule has 0 saturated heterocycles. The summed E-state index contributed by atoms with van der Waals surface area (Å²) in [5, 5.41) is 0. The summed E-state index contributed by atoms with van der Waals surface area (Å²) in [6.07, 6.45) is 4.37. The molecule has 1 rings (SSSR count). The van der Waals surface area contributed by atoms with Crippen molar-refractivity contribution in [1.82, 2.24) is 0 Å². The lowest BCUT2D eigenvalue weighted by Crippen LogP contribution is -2.15. The summed E-state index contributed by atoms with van der Waals surface area (Å²) >= 11 is 0. The Morgan fingerprint density at radius 3 is 2.56 bits per heavy atom. The highest BCUT2D eigenvalue weighted by Crippen LogP contribution is 2.12. The van der Waals surface area contributed by atoms with E-state index < -0.39 is 0 Å². The number of nitrogen functional groups attached to an aromatic ring is 1. The molecular weight excluding hydrogens is 230 g/mol. The Bertz CT molecular complexity index is 349. The van der Waals surface area contributed by atoms with Gasteiger partial charge in [0.05, 0.1) is 6.61 Å². The predicted molar refractivity (Wildman–Crippen MR) is 71.5 cm³/mol. The van der Waals surface area contributed by atoms with Gasteiger partial charge in [-0.1, -0.05) is 26.2 Å². The molecule has 0 saturated carbocycles. The Kier molecular flexibility index (Phi) is 6.69. The average molecular weight is 251 g/mol. The van der Waals surface area contributed by atoms with Gasteiger partial charge < -0.3 is 15.2 Å². The Hall–Kier alpha value is -1.71. The van der Waals surface area contributed by atoms with Gasteiger partial charge >= 0.3 is 5.97 Å². The third-order valence-corrected chi connectivity index (χ3v) is 2.50. The van der Waals surface area contributed by atoms with E-state index in [1.165, 1.54) is 12.8 Å². The summed E-state index contributed by atoms with van der Waals surface area (Å²) in [5.41, 5.74) is 6.21. The minimum atomic E-state index is -0.330. The first-order valence-electron chi connectivity index (χ1n) is 6.36. The molecule has 0 fully saturated rings. The van der Waals surface area contributed by atoms with E-state index in [1.807, 2.05) is 0 Å². The van der Waals surface area contributed by atoms with Gasteiger partial charge in [0.15, 0.2) is 6.61 Å². The van der Waals surface area contributed by atoms with Crippen molar-refractivity contribution in [2.75, 3.05) is 18.9 Å². The zero-order valence-electron chi connectivity index (χ0n) is 10.9. The highest BCUT2D eigenvalue weighted by atomic mass is 16.6. The van der Waals surface area contributed by atoms with Gasteiger partial charge in [-0.25, -0.2) is 4.79 Å². The molecule has 0 aliphatic carbocycles. The number of ether oxygens (including phenoxy) is 2. The molecule has 2 N–H and O–H groups in total. The summed E-state index contributed by atoms with van der Waals surface area (Å²) in [5.74, 6) is 0.287. The van der Waals surface area contributed by atoms with Gasteiger partial charge in [0.2, 0.25) is 0 Å². The van der Waals surface area contributed by atoms with Crippen LogP contribution < -0.4 is 10.5 Å². The highest BCUT2D eigenvalue weighted by Gasteiger charge is 2.03. The summed E-state index contributed by atoms with van der Waals surface area (Å²) < 4.78 is 10.3. The number of esters is 1. The lowest BCUT2D eigenvalue weighted by molar-refractivity contribution is -0.146. The Morgan fingerprint density at radius 1 is 1.17 bits per heavy atom. The number of unbranched alkanes of at least 4 members (excludes halogenated alkanes) is 3. The molecule has 0 amide bonds. The molecule has 0 atom stereocenters. The molecule has 4 heteroatoms. The van der Waals surface area contributed by atoms with Crippen LogP contribution in [0.2, 0.25) is 0 Å². The van der Waals surface area contributed by atoms with E-state index in [1.54, 1.807) is 24.3 Å². The molecule has 0 bridgehead atoms. The van der Waals surface area contributed by atoms with Crippen molar-refractivity contribution >= 4 is 11.7 Å². The van der Waals surface area contributed by atoms with Gasteiger partial charge in [-0.05, 0) is 30.7 Å². The average Bonchev–Trinajstić information content (AvgIpc) is 2.38. The van der Waals surface area contributed by atoms with Crippen molar-refractivity contribution in [1.29, 1.82) is 0 Å². The van der Waals surface area contributed by atoms with E-state index in [2.05, 4.69) is 6.92 Å². The predicted octanol–water partition coefficient (Wildman–Crippen LogP) is 2.77. The molecule has 0 aliphatic rings. The molecule has 18 heavy (non-hydrogen) atoms. The van der Waals surface area contributed by atoms with Crippen molar-refractivity contribution in [3.63, 3.8) is 0 Å². The fourth-order valence-electron chi connectivity index (χ4n) is 1.46. The van der Waals surface area contributed by atoms with Crippen LogP contribution in [0.3, 0.4) is 0 Å². The SMILES string of the molecule is CCCCCCOC(=O)COc1ccc(N)cc1. The molecule has 0 unspecified atom stereocenters. The van der Waals surface area contributed by atoms with Crippen molar-refractivity contribution in [3.8, 4) is 5.75 Å². The number of hydrogen-bond acceptors (Lipinski definition) is 4. The number of benzene rings is 1. The van der Waals surface area contributed by atoms with Crippen LogP contribution in [0.5, 0.6) is 5.75 Å². The van der Waals surface area contributed by atoms with Crippen molar-refractivity contribution < 1.29 is 14.3 Å². The van der Waals surface area contributed by atoms with Gasteiger partial charge in [0, 0.05) is 5.69 Å². The first-order valence-corrected chi connectivity index (χ1v) is 6.36. The van der Waals surface area contributed by atoms with E-state index >= 15 is 0 Å². The lowest BCUT2D eigenvalue weighted by atomic mass is 10.2. The fraction of sp³-hybridized carbons (Fsp3) is 0.500. The maximum Gasteiger partial charge on any atom is 0.344 e. The molecule has 1 aromatic carbocycles. The maximum atomic E-state index is 11.3. The highest BCUT2D eigenvalue weighted by molar-refractivity contribution is 5.71. The first-order chi connectivity index (χ1) is 8.72. The molecule has 0 radical (unpaired) electrons. The second-order valence-electron chi connectivity index (χ2n) is 4.14. The van der Waals surface area contributed by atoms with Crippen LogP contribution in [-0.4, -0.2) is 19.2 Å². The fourth-order valence-corrected chi connectivity index (χ4v) is 1.46. The largest absolute Gasteiger partial charge is 0.482 e. The Morgan fingerprint density at radius 2 is 1.89 bits per heavy atom. The minimum Gasteiger partial charge on any atom is -0.482 e. The second-order valence-corrected chi connectivity index (χ2v) is 4.14. The van der Waals surface area contributed by atoms with Crippen LogP contribution in [0, 0.1) is 0 Å². The minimum absolute atomic E-state index is 0.0578. The lowest BCUT2D eigenvalue weighted by Gasteiger charge is -2.07. The van der Waals surface area contributed by atoms with Crippen LogP contribution in [-0.2, 0) is 9.53 Å². The molecule has 4 nitrogen and oxygen atoms in total. The van der Waals surface area contributed by atoms with Crippen LogP contribution in [0.1, 0.15) is 32.6 Å². The van der Waals surface area contributed by atoms with Gasteiger partial charge in [0.1, 0.15) is 5.75 Å². The number of carbonyl (C=O) groups is 1. The normalized spacial score (nSPS) is 10.1. The van der Waals surface area contributed by atoms with Crippen molar-refractivity contribution in [2.45, 2.75) is 32.6 Å². The van der Waals surface area contributed by atoms with Crippen LogP contribution in [0.25, 0.3) is 0 Å². The van der Waals surface area contributed by atoms with Crippen LogP contribution in [0.4, 0.5) is 5.69 Å². The molecule has 0 heterocycles. The Labute approximate surface area is 108 Å². The zero-order valence-corrected chi connectivity index (χ0v) is 10.9.